The minimum absolute atomic E-state index is 0.0390. The van der Waals surface area contributed by atoms with Gasteiger partial charge in [-0.2, -0.15) is 0 Å². The Labute approximate surface area is 119 Å². The largest absolute Gasteiger partial charge is 0.342 e. The van der Waals surface area contributed by atoms with E-state index in [1.165, 1.54) is 4.90 Å². The first-order valence-corrected chi connectivity index (χ1v) is 6.76. The number of nitrogens with two attached hydrogens (primary N) is 1. The van der Waals surface area contributed by atoms with Crippen molar-refractivity contribution >= 4 is 17.5 Å². The van der Waals surface area contributed by atoms with Gasteiger partial charge in [0.2, 0.25) is 11.8 Å². The number of amides is 2. The fourth-order valence-corrected chi connectivity index (χ4v) is 2.29. The van der Waals surface area contributed by atoms with Crippen LogP contribution in [-0.2, 0) is 9.59 Å². The van der Waals surface area contributed by atoms with E-state index >= 15 is 0 Å². The molecule has 20 heavy (non-hydrogen) atoms. The number of carbonyl (C=O) groups is 2. The molecule has 1 aromatic carbocycles. The summed E-state index contributed by atoms with van der Waals surface area (Å²) in [6.45, 7) is 5.87. The molecular formula is C15H21N3O2. The van der Waals surface area contributed by atoms with Crippen molar-refractivity contribution in [2.75, 3.05) is 18.5 Å². The molecule has 0 radical (unpaired) electrons. The summed E-state index contributed by atoms with van der Waals surface area (Å²) in [5.74, 6) is -0.301. The van der Waals surface area contributed by atoms with Gasteiger partial charge in [0.1, 0.15) is 12.6 Å². The maximum absolute atomic E-state index is 12.2. The molecule has 1 unspecified atom stereocenters. The summed E-state index contributed by atoms with van der Waals surface area (Å²) in [7, 11) is 1.74. The summed E-state index contributed by atoms with van der Waals surface area (Å²) in [4.78, 5) is 27.5. The van der Waals surface area contributed by atoms with Crippen molar-refractivity contribution in [1.82, 2.24) is 4.90 Å². The molecule has 0 saturated carbocycles. The van der Waals surface area contributed by atoms with Crippen molar-refractivity contribution in [1.29, 1.82) is 0 Å². The number of nitrogens with zero attached hydrogens (tertiary/aromatic N) is 2. The number of hydrogen-bond acceptors (Lipinski definition) is 3. The number of rotatable bonds is 3. The third-order valence-electron chi connectivity index (χ3n) is 3.80. The van der Waals surface area contributed by atoms with E-state index in [4.69, 9.17) is 5.73 Å². The van der Waals surface area contributed by atoms with Crippen LogP contribution in [0.2, 0.25) is 0 Å². The third-order valence-corrected chi connectivity index (χ3v) is 3.80. The molecule has 2 amide bonds. The van der Waals surface area contributed by atoms with E-state index in [1.807, 2.05) is 39.0 Å². The standard InChI is InChI=1S/C15H21N3O2/c1-9(2)17(4)13(19)8-18-12-6-5-10(3)7-11(12)14(16)15(18)20/h5-7,9,14H,8,16H2,1-4H3. The molecule has 1 aromatic rings. The van der Waals surface area contributed by atoms with E-state index in [0.717, 1.165) is 16.8 Å². The molecule has 5 nitrogen and oxygen atoms in total. The number of benzene rings is 1. The topological polar surface area (TPSA) is 66.6 Å². The van der Waals surface area contributed by atoms with Gasteiger partial charge in [0.05, 0.1) is 0 Å². The van der Waals surface area contributed by atoms with Gasteiger partial charge in [0.25, 0.3) is 0 Å². The summed E-state index contributed by atoms with van der Waals surface area (Å²) in [6.07, 6.45) is 0. The molecular weight excluding hydrogens is 254 g/mol. The van der Waals surface area contributed by atoms with E-state index in [9.17, 15) is 9.59 Å². The number of carbonyl (C=O) groups excluding carboxylic acids is 2. The lowest BCUT2D eigenvalue weighted by Gasteiger charge is -2.25. The van der Waals surface area contributed by atoms with Gasteiger partial charge in [-0.3, -0.25) is 9.59 Å². The number of aryl methyl sites for hydroxylation is 1. The number of anilines is 1. The molecule has 0 bridgehead atoms. The van der Waals surface area contributed by atoms with Crippen molar-refractivity contribution < 1.29 is 9.59 Å². The fourth-order valence-electron chi connectivity index (χ4n) is 2.29. The third kappa shape index (κ3) is 2.41. The first-order valence-electron chi connectivity index (χ1n) is 6.76. The van der Waals surface area contributed by atoms with Gasteiger partial charge in [-0.1, -0.05) is 17.7 Å². The molecule has 1 atom stereocenters. The van der Waals surface area contributed by atoms with Crippen molar-refractivity contribution in [3.8, 4) is 0 Å². The molecule has 1 aliphatic rings. The average Bonchev–Trinajstić information content (AvgIpc) is 2.62. The lowest BCUT2D eigenvalue weighted by molar-refractivity contribution is -0.131. The highest BCUT2D eigenvalue weighted by atomic mass is 16.2. The van der Waals surface area contributed by atoms with Crippen LogP contribution in [0.1, 0.15) is 31.0 Å². The monoisotopic (exact) mass is 275 g/mol. The maximum Gasteiger partial charge on any atom is 0.249 e. The van der Waals surface area contributed by atoms with E-state index in [2.05, 4.69) is 0 Å². The van der Waals surface area contributed by atoms with Crippen molar-refractivity contribution in [3.63, 3.8) is 0 Å². The quantitative estimate of drug-likeness (QED) is 0.901. The smallest absolute Gasteiger partial charge is 0.249 e. The second-order valence-electron chi connectivity index (χ2n) is 5.56. The predicted octanol–water partition coefficient (Wildman–Crippen LogP) is 1.21. The van der Waals surface area contributed by atoms with Gasteiger partial charge in [-0.15, -0.1) is 0 Å². The van der Waals surface area contributed by atoms with Crippen LogP contribution in [0, 0.1) is 6.92 Å². The molecule has 108 valence electrons. The Morgan fingerprint density at radius 2 is 2.10 bits per heavy atom. The molecule has 0 fully saturated rings. The van der Waals surface area contributed by atoms with Crippen LogP contribution in [0.4, 0.5) is 5.69 Å². The van der Waals surface area contributed by atoms with Gasteiger partial charge in [-0.05, 0) is 26.8 Å². The van der Waals surface area contributed by atoms with Gasteiger partial charge in [0.15, 0.2) is 0 Å². The predicted molar refractivity (Wildman–Crippen MR) is 78.4 cm³/mol. The van der Waals surface area contributed by atoms with Gasteiger partial charge >= 0.3 is 0 Å². The highest BCUT2D eigenvalue weighted by Crippen LogP contribution is 2.34. The summed E-state index contributed by atoms with van der Waals surface area (Å²) >= 11 is 0. The zero-order valence-electron chi connectivity index (χ0n) is 12.4. The van der Waals surface area contributed by atoms with E-state index in [0.29, 0.717) is 0 Å². The lowest BCUT2D eigenvalue weighted by atomic mass is 10.1. The molecule has 1 aliphatic heterocycles. The average molecular weight is 275 g/mol. The maximum atomic E-state index is 12.2. The fraction of sp³-hybridized carbons (Fsp3) is 0.467. The molecule has 2 N–H and O–H groups in total. The van der Waals surface area contributed by atoms with Crippen LogP contribution >= 0.6 is 0 Å². The molecule has 0 aromatic heterocycles. The highest BCUT2D eigenvalue weighted by Gasteiger charge is 2.36. The van der Waals surface area contributed by atoms with E-state index in [-0.39, 0.29) is 24.4 Å². The van der Waals surface area contributed by atoms with E-state index < -0.39 is 6.04 Å². The molecule has 5 heteroatoms. The van der Waals surface area contributed by atoms with Gasteiger partial charge in [0, 0.05) is 24.3 Å². The Morgan fingerprint density at radius 3 is 2.70 bits per heavy atom. The van der Waals surface area contributed by atoms with Crippen molar-refractivity contribution in [3.05, 3.63) is 29.3 Å². The number of likely N-dealkylation sites (N-methyl/N-ethyl adjacent to an activating group) is 1. The molecule has 2 rings (SSSR count). The molecule has 0 spiro atoms. The van der Waals surface area contributed by atoms with Crippen molar-refractivity contribution in [2.24, 2.45) is 5.73 Å². The number of fused-ring (bicyclic) bond motifs is 1. The van der Waals surface area contributed by atoms with Gasteiger partial charge in [-0.25, -0.2) is 0 Å². The van der Waals surface area contributed by atoms with Crippen LogP contribution in [0.25, 0.3) is 0 Å². The Morgan fingerprint density at radius 1 is 1.45 bits per heavy atom. The lowest BCUT2D eigenvalue weighted by Crippen LogP contribution is -2.43. The first-order chi connectivity index (χ1) is 9.32. The summed E-state index contributed by atoms with van der Waals surface area (Å²) in [5, 5.41) is 0. The van der Waals surface area contributed by atoms with Crippen LogP contribution in [0.15, 0.2) is 18.2 Å². The Hall–Kier alpha value is -1.88. The van der Waals surface area contributed by atoms with E-state index in [1.54, 1.807) is 11.9 Å². The Balaban J connectivity index is 2.26. The van der Waals surface area contributed by atoms with Crippen LogP contribution in [0.5, 0.6) is 0 Å². The SMILES string of the molecule is Cc1ccc2c(c1)C(N)C(=O)N2CC(=O)N(C)C(C)C. The Kier molecular flexibility index (Phi) is 3.81. The minimum Gasteiger partial charge on any atom is -0.342 e. The van der Waals surface area contributed by atoms with Gasteiger partial charge < -0.3 is 15.5 Å². The zero-order valence-corrected chi connectivity index (χ0v) is 12.4. The summed E-state index contributed by atoms with van der Waals surface area (Å²) in [6, 6.07) is 5.13. The molecule has 1 heterocycles. The minimum atomic E-state index is -0.665. The highest BCUT2D eigenvalue weighted by molar-refractivity contribution is 6.07. The van der Waals surface area contributed by atoms with Crippen LogP contribution in [0.3, 0.4) is 0 Å². The normalized spacial score (nSPS) is 17.6. The van der Waals surface area contributed by atoms with Crippen LogP contribution in [-0.4, -0.2) is 36.3 Å². The van der Waals surface area contributed by atoms with Crippen LogP contribution < -0.4 is 10.6 Å². The summed E-state index contributed by atoms with van der Waals surface area (Å²) < 4.78 is 0. The number of hydrogen-bond donors (Lipinski definition) is 1. The zero-order chi connectivity index (χ0) is 15.0. The second-order valence-corrected chi connectivity index (χ2v) is 5.56. The molecule has 0 aliphatic carbocycles. The molecule has 0 saturated heterocycles. The first kappa shape index (κ1) is 14.5. The summed E-state index contributed by atoms with van der Waals surface area (Å²) in [5.41, 5.74) is 8.55. The second kappa shape index (κ2) is 5.25. The Bertz CT molecular complexity index is 554. The van der Waals surface area contributed by atoms with Crippen molar-refractivity contribution in [2.45, 2.75) is 32.9 Å².